The molecule has 2 rings (SSSR count). The first-order chi connectivity index (χ1) is 8.24. The Labute approximate surface area is 110 Å². The highest BCUT2D eigenvalue weighted by Crippen LogP contribution is 2.29. The molecule has 0 fully saturated rings. The van der Waals surface area contributed by atoms with Gasteiger partial charge < -0.3 is 5.32 Å². The van der Waals surface area contributed by atoms with Crippen LogP contribution in [-0.4, -0.2) is 21.3 Å². The lowest BCUT2D eigenvalue weighted by atomic mass is 10.1. The van der Waals surface area contributed by atoms with E-state index in [1.807, 2.05) is 23.4 Å². The van der Waals surface area contributed by atoms with E-state index in [9.17, 15) is 0 Å². The molecule has 0 saturated heterocycles. The van der Waals surface area contributed by atoms with E-state index in [1.165, 1.54) is 0 Å². The first-order valence-corrected chi connectivity index (χ1v) is 6.79. The molecule has 1 unspecified atom stereocenters. The summed E-state index contributed by atoms with van der Waals surface area (Å²) in [6.45, 7) is 3.08. The molecule has 0 aromatic carbocycles. The molecule has 6 heteroatoms. The molecule has 0 aliphatic rings. The maximum atomic E-state index is 6.20. The quantitative estimate of drug-likeness (QED) is 0.908. The Morgan fingerprint density at radius 2 is 2.35 bits per heavy atom. The minimum absolute atomic E-state index is 0.0717. The molecule has 0 saturated carbocycles. The molecule has 1 N–H and O–H groups in total. The van der Waals surface area contributed by atoms with Gasteiger partial charge in [0.2, 0.25) is 0 Å². The second kappa shape index (κ2) is 5.62. The fourth-order valence-corrected chi connectivity index (χ4v) is 2.71. The highest BCUT2D eigenvalue weighted by Gasteiger charge is 2.21. The number of nitrogens with one attached hydrogen (secondary N) is 1. The Hall–Kier alpha value is -0.910. The largest absolute Gasteiger partial charge is 0.304 e. The van der Waals surface area contributed by atoms with Gasteiger partial charge in [0.1, 0.15) is 0 Å². The molecule has 2 aromatic heterocycles. The molecule has 0 amide bonds. The van der Waals surface area contributed by atoms with E-state index in [2.05, 4.69) is 22.3 Å². The Kier molecular flexibility index (Phi) is 4.15. The smallest absolute Gasteiger partial charge is 0.0873 e. The minimum Gasteiger partial charge on any atom is -0.304 e. The summed E-state index contributed by atoms with van der Waals surface area (Å²) in [5.41, 5.74) is 2.82. The minimum atomic E-state index is 0.0717. The van der Waals surface area contributed by atoms with Gasteiger partial charge in [-0.25, -0.2) is 0 Å². The van der Waals surface area contributed by atoms with Gasteiger partial charge in [-0.2, -0.15) is 5.10 Å². The van der Waals surface area contributed by atoms with Gasteiger partial charge in [0.15, 0.2) is 0 Å². The van der Waals surface area contributed by atoms with Crippen LogP contribution >= 0.6 is 22.9 Å². The lowest BCUT2D eigenvalue weighted by molar-refractivity contribution is 0.559. The lowest BCUT2D eigenvalue weighted by Gasteiger charge is -2.17. The highest BCUT2D eigenvalue weighted by molar-refractivity contribution is 7.09. The van der Waals surface area contributed by atoms with Crippen LogP contribution in [0.3, 0.4) is 0 Å². The number of thiazole rings is 1. The predicted molar refractivity (Wildman–Crippen MR) is 70.5 cm³/mol. The normalized spacial score (nSPS) is 12.9. The Morgan fingerprint density at radius 3 is 2.88 bits per heavy atom. The van der Waals surface area contributed by atoms with Gasteiger partial charge >= 0.3 is 0 Å². The van der Waals surface area contributed by atoms with Gasteiger partial charge in [-0.15, -0.1) is 11.3 Å². The first kappa shape index (κ1) is 12.5. The van der Waals surface area contributed by atoms with Crippen molar-refractivity contribution in [2.75, 3.05) is 6.54 Å². The molecule has 0 aliphatic carbocycles. The number of aromatic nitrogens is 3. The fraction of sp³-hybridized carbons (Fsp3) is 0.455. The third-order valence-electron chi connectivity index (χ3n) is 2.55. The van der Waals surface area contributed by atoms with Crippen LogP contribution in [0.2, 0.25) is 5.02 Å². The van der Waals surface area contributed by atoms with Crippen molar-refractivity contribution in [3.8, 4) is 0 Å². The van der Waals surface area contributed by atoms with Crippen LogP contribution in [0.5, 0.6) is 0 Å². The van der Waals surface area contributed by atoms with Crippen molar-refractivity contribution in [2.45, 2.75) is 19.4 Å². The molecule has 0 spiro atoms. The number of nitrogens with zero attached hydrogens (tertiary/aromatic N) is 3. The predicted octanol–water partition coefficient (Wildman–Crippen LogP) is 2.62. The van der Waals surface area contributed by atoms with Crippen LogP contribution in [0.25, 0.3) is 0 Å². The molecule has 0 radical (unpaired) electrons. The van der Waals surface area contributed by atoms with Crippen molar-refractivity contribution in [2.24, 2.45) is 7.05 Å². The SMILES string of the molecule is CCCNC(c1cncs1)c1c(Cl)cnn1C. The van der Waals surface area contributed by atoms with Gasteiger partial charge in [-0.3, -0.25) is 9.67 Å². The summed E-state index contributed by atoms with van der Waals surface area (Å²) in [4.78, 5) is 5.28. The maximum Gasteiger partial charge on any atom is 0.0873 e. The molecular formula is C11H15ClN4S. The van der Waals surface area contributed by atoms with E-state index in [4.69, 9.17) is 11.6 Å². The third kappa shape index (κ3) is 2.68. The third-order valence-corrected chi connectivity index (χ3v) is 3.68. The summed E-state index contributed by atoms with van der Waals surface area (Å²) >= 11 is 7.82. The van der Waals surface area contributed by atoms with Crippen molar-refractivity contribution in [3.05, 3.63) is 33.5 Å². The van der Waals surface area contributed by atoms with E-state index in [-0.39, 0.29) is 6.04 Å². The van der Waals surface area contributed by atoms with E-state index in [0.29, 0.717) is 5.02 Å². The van der Waals surface area contributed by atoms with Gasteiger partial charge in [-0.1, -0.05) is 18.5 Å². The van der Waals surface area contributed by atoms with Crippen LogP contribution in [0.1, 0.15) is 30.0 Å². The van der Waals surface area contributed by atoms with Crippen molar-refractivity contribution in [1.82, 2.24) is 20.1 Å². The number of hydrogen-bond donors (Lipinski definition) is 1. The van der Waals surface area contributed by atoms with Crippen LogP contribution in [-0.2, 0) is 7.05 Å². The van der Waals surface area contributed by atoms with Crippen LogP contribution < -0.4 is 5.32 Å². The Balaban J connectivity index is 2.33. The molecule has 17 heavy (non-hydrogen) atoms. The lowest BCUT2D eigenvalue weighted by Crippen LogP contribution is -2.24. The van der Waals surface area contributed by atoms with Gasteiger partial charge in [0.05, 0.1) is 28.5 Å². The zero-order valence-corrected chi connectivity index (χ0v) is 11.4. The van der Waals surface area contributed by atoms with E-state index >= 15 is 0 Å². The number of aryl methyl sites for hydroxylation is 1. The zero-order valence-electron chi connectivity index (χ0n) is 9.85. The molecule has 1 atom stereocenters. The molecule has 4 nitrogen and oxygen atoms in total. The second-order valence-corrected chi connectivity index (χ2v) is 5.12. The van der Waals surface area contributed by atoms with Gasteiger partial charge in [0.25, 0.3) is 0 Å². The number of rotatable bonds is 5. The molecular weight excluding hydrogens is 256 g/mol. The standard InChI is InChI=1S/C11H15ClN4S/c1-3-4-14-10(9-6-13-7-17-9)11-8(12)5-15-16(11)2/h5-7,10,14H,3-4H2,1-2H3. The van der Waals surface area contributed by atoms with E-state index < -0.39 is 0 Å². The summed E-state index contributed by atoms with van der Waals surface area (Å²) in [6.07, 6.45) is 4.63. The average Bonchev–Trinajstić information content (AvgIpc) is 2.93. The number of hydrogen-bond acceptors (Lipinski definition) is 4. The van der Waals surface area contributed by atoms with Crippen LogP contribution in [0.4, 0.5) is 0 Å². The molecule has 92 valence electrons. The van der Waals surface area contributed by atoms with E-state index in [1.54, 1.807) is 17.5 Å². The van der Waals surface area contributed by atoms with Crippen molar-refractivity contribution < 1.29 is 0 Å². The summed E-state index contributed by atoms with van der Waals surface area (Å²) < 4.78 is 1.81. The topological polar surface area (TPSA) is 42.7 Å². The summed E-state index contributed by atoms with van der Waals surface area (Å²) in [5, 5.41) is 8.35. The summed E-state index contributed by atoms with van der Waals surface area (Å²) in [6, 6.07) is 0.0717. The van der Waals surface area contributed by atoms with Crippen molar-refractivity contribution in [1.29, 1.82) is 0 Å². The molecule has 2 heterocycles. The van der Waals surface area contributed by atoms with Crippen LogP contribution in [0.15, 0.2) is 17.9 Å². The van der Waals surface area contributed by atoms with Gasteiger partial charge in [-0.05, 0) is 13.0 Å². The summed E-state index contributed by atoms with van der Waals surface area (Å²) in [7, 11) is 1.91. The van der Waals surface area contributed by atoms with Crippen molar-refractivity contribution >= 4 is 22.9 Å². The average molecular weight is 271 g/mol. The molecule has 0 bridgehead atoms. The van der Waals surface area contributed by atoms with Crippen molar-refractivity contribution in [3.63, 3.8) is 0 Å². The zero-order chi connectivity index (χ0) is 12.3. The Bertz CT molecular complexity index is 446. The number of halogens is 1. The highest BCUT2D eigenvalue weighted by atomic mass is 35.5. The summed E-state index contributed by atoms with van der Waals surface area (Å²) in [5.74, 6) is 0. The second-order valence-electron chi connectivity index (χ2n) is 3.79. The van der Waals surface area contributed by atoms with Crippen LogP contribution in [0, 0.1) is 0 Å². The monoisotopic (exact) mass is 270 g/mol. The molecule has 2 aromatic rings. The van der Waals surface area contributed by atoms with Gasteiger partial charge in [0, 0.05) is 18.1 Å². The maximum absolute atomic E-state index is 6.20. The molecule has 0 aliphatic heterocycles. The Morgan fingerprint density at radius 1 is 1.53 bits per heavy atom. The van der Waals surface area contributed by atoms with E-state index in [0.717, 1.165) is 23.5 Å². The fourth-order valence-electron chi connectivity index (χ4n) is 1.73. The first-order valence-electron chi connectivity index (χ1n) is 5.53.